The second kappa shape index (κ2) is 4.18. The van der Waals surface area contributed by atoms with Gasteiger partial charge in [0.1, 0.15) is 18.0 Å². The molecule has 102 valence electrons. The smallest absolute Gasteiger partial charge is 0.238 e. The molecule has 5 nitrogen and oxygen atoms in total. The topological polar surface area (TPSA) is 62.6 Å². The molecular weight excluding hydrogens is 256 g/mol. The van der Waals surface area contributed by atoms with Crippen molar-refractivity contribution in [3.05, 3.63) is 46.3 Å². The molecule has 2 aliphatic rings. The minimum absolute atomic E-state index is 0.0139. The van der Waals surface area contributed by atoms with E-state index in [1.165, 1.54) is 6.26 Å². The van der Waals surface area contributed by atoms with Crippen LogP contribution >= 0.6 is 0 Å². The first-order valence-corrected chi connectivity index (χ1v) is 6.82. The fraction of sp³-hybridized carbons (Fsp3) is 0.333. The lowest BCUT2D eigenvalue weighted by atomic mass is 10.1. The molecule has 0 aliphatic carbocycles. The highest BCUT2D eigenvalue weighted by Crippen LogP contribution is 2.32. The number of nitrogens with one attached hydrogen (secondary N) is 1. The number of para-hydroxylation sites is 1. The Kier molecular flexibility index (Phi) is 2.44. The lowest BCUT2D eigenvalue weighted by molar-refractivity contribution is -0.121. The number of benzene rings is 1. The Morgan fingerprint density at radius 2 is 2.10 bits per heavy atom. The van der Waals surface area contributed by atoms with Crippen molar-refractivity contribution in [1.82, 2.24) is 10.2 Å². The quantitative estimate of drug-likeness (QED) is 0.850. The molecule has 5 heteroatoms. The first kappa shape index (κ1) is 11.7. The van der Waals surface area contributed by atoms with E-state index in [2.05, 4.69) is 10.2 Å². The molecule has 0 saturated carbocycles. The van der Waals surface area contributed by atoms with Crippen molar-refractivity contribution < 1.29 is 9.21 Å². The lowest BCUT2D eigenvalue weighted by Gasteiger charge is -2.21. The summed E-state index contributed by atoms with van der Waals surface area (Å²) in [6.07, 6.45) is 2.99. The molecular formula is C15H14N2O3. The summed E-state index contributed by atoms with van der Waals surface area (Å²) in [6.45, 7) is 0.834. The van der Waals surface area contributed by atoms with Crippen LogP contribution in [0, 0.1) is 0 Å². The van der Waals surface area contributed by atoms with Gasteiger partial charge in [-0.05, 0) is 25.0 Å². The Bertz CT molecular complexity index is 752. The van der Waals surface area contributed by atoms with Crippen molar-refractivity contribution in [2.24, 2.45) is 0 Å². The molecule has 2 saturated heterocycles. The van der Waals surface area contributed by atoms with Gasteiger partial charge in [-0.15, -0.1) is 0 Å². The third-order valence-corrected chi connectivity index (χ3v) is 4.21. The number of amides is 1. The van der Waals surface area contributed by atoms with E-state index in [9.17, 15) is 9.59 Å². The highest BCUT2D eigenvalue weighted by Gasteiger charge is 2.44. The van der Waals surface area contributed by atoms with E-state index in [0.29, 0.717) is 16.5 Å². The average molecular weight is 270 g/mol. The molecule has 2 atom stereocenters. The van der Waals surface area contributed by atoms with Crippen LogP contribution in [0.4, 0.5) is 0 Å². The SMILES string of the molecule is O=C1NC(c2coc3ccccc3c2=O)N2CCCC12. The van der Waals surface area contributed by atoms with Crippen LogP contribution in [0.2, 0.25) is 0 Å². The Morgan fingerprint density at radius 1 is 1.25 bits per heavy atom. The molecule has 4 rings (SSSR count). The van der Waals surface area contributed by atoms with E-state index in [-0.39, 0.29) is 23.5 Å². The number of rotatable bonds is 1. The van der Waals surface area contributed by atoms with Crippen molar-refractivity contribution in [3.8, 4) is 0 Å². The summed E-state index contributed by atoms with van der Waals surface area (Å²) in [7, 11) is 0. The van der Waals surface area contributed by atoms with Crippen molar-refractivity contribution in [2.75, 3.05) is 6.54 Å². The Labute approximate surface area is 115 Å². The molecule has 2 unspecified atom stereocenters. The molecule has 2 fully saturated rings. The second-order valence-electron chi connectivity index (χ2n) is 5.32. The first-order chi connectivity index (χ1) is 9.75. The van der Waals surface area contributed by atoms with Gasteiger partial charge in [-0.1, -0.05) is 12.1 Å². The van der Waals surface area contributed by atoms with Crippen LogP contribution < -0.4 is 10.7 Å². The predicted octanol–water partition coefficient (Wildman–Crippen LogP) is 1.39. The van der Waals surface area contributed by atoms with Crippen LogP contribution in [0.25, 0.3) is 11.0 Å². The van der Waals surface area contributed by atoms with Crippen molar-refractivity contribution >= 4 is 16.9 Å². The van der Waals surface area contributed by atoms with Gasteiger partial charge >= 0.3 is 0 Å². The summed E-state index contributed by atoms with van der Waals surface area (Å²) < 4.78 is 5.54. The second-order valence-corrected chi connectivity index (χ2v) is 5.32. The Morgan fingerprint density at radius 3 is 3.00 bits per heavy atom. The number of nitrogens with zero attached hydrogens (tertiary/aromatic N) is 1. The van der Waals surface area contributed by atoms with Crippen molar-refractivity contribution in [1.29, 1.82) is 0 Å². The number of fused-ring (bicyclic) bond motifs is 2. The molecule has 1 aromatic carbocycles. The summed E-state index contributed by atoms with van der Waals surface area (Å²) in [6, 6.07) is 7.08. The summed E-state index contributed by atoms with van der Waals surface area (Å²) in [5.74, 6) is 0.0139. The van der Waals surface area contributed by atoms with Gasteiger partial charge in [0.15, 0.2) is 5.43 Å². The van der Waals surface area contributed by atoms with Gasteiger partial charge in [-0.2, -0.15) is 0 Å². The molecule has 20 heavy (non-hydrogen) atoms. The molecule has 3 heterocycles. The van der Waals surface area contributed by atoms with E-state index in [1.54, 1.807) is 12.1 Å². The molecule has 0 bridgehead atoms. The van der Waals surface area contributed by atoms with Crippen LogP contribution in [0.15, 0.2) is 39.7 Å². The zero-order chi connectivity index (χ0) is 13.7. The van der Waals surface area contributed by atoms with E-state index < -0.39 is 0 Å². The van der Waals surface area contributed by atoms with Gasteiger partial charge in [-0.3, -0.25) is 14.5 Å². The number of hydrogen-bond donors (Lipinski definition) is 1. The van der Waals surface area contributed by atoms with Crippen LogP contribution in [-0.2, 0) is 4.79 Å². The highest BCUT2D eigenvalue weighted by atomic mass is 16.3. The highest BCUT2D eigenvalue weighted by molar-refractivity contribution is 5.85. The maximum Gasteiger partial charge on any atom is 0.238 e. The molecule has 0 radical (unpaired) electrons. The Hall–Kier alpha value is -2.14. The molecule has 2 aliphatic heterocycles. The zero-order valence-electron chi connectivity index (χ0n) is 10.8. The zero-order valence-corrected chi connectivity index (χ0v) is 10.8. The monoisotopic (exact) mass is 270 g/mol. The fourth-order valence-corrected chi connectivity index (χ4v) is 3.23. The third kappa shape index (κ3) is 1.53. The third-order valence-electron chi connectivity index (χ3n) is 4.21. The van der Waals surface area contributed by atoms with Crippen molar-refractivity contribution in [3.63, 3.8) is 0 Å². The van der Waals surface area contributed by atoms with Crippen LogP contribution in [0.1, 0.15) is 24.6 Å². The standard InChI is InChI=1S/C15H14N2O3/c18-13-9-4-1-2-6-12(9)20-8-10(13)14-16-15(19)11-5-3-7-17(11)14/h1-2,4,6,8,11,14H,3,5,7H2,(H,16,19). The summed E-state index contributed by atoms with van der Waals surface area (Å²) >= 11 is 0. The first-order valence-electron chi connectivity index (χ1n) is 6.82. The predicted molar refractivity (Wildman–Crippen MR) is 73.1 cm³/mol. The van der Waals surface area contributed by atoms with Gasteiger partial charge in [-0.25, -0.2) is 0 Å². The van der Waals surface area contributed by atoms with Crippen LogP contribution in [-0.4, -0.2) is 23.4 Å². The average Bonchev–Trinajstić information content (AvgIpc) is 3.05. The van der Waals surface area contributed by atoms with Crippen molar-refractivity contribution in [2.45, 2.75) is 25.0 Å². The van der Waals surface area contributed by atoms with Gasteiger partial charge in [0.2, 0.25) is 5.91 Å². The van der Waals surface area contributed by atoms with Gasteiger partial charge in [0.25, 0.3) is 0 Å². The molecule has 2 aromatic rings. The normalized spacial score (nSPS) is 25.9. The van der Waals surface area contributed by atoms with Gasteiger partial charge in [0, 0.05) is 6.54 Å². The summed E-state index contributed by atoms with van der Waals surface area (Å²) in [4.78, 5) is 26.6. The van der Waals surface area contributed by atoms with Crippen LogP contribution in [0.5, 0.6) is 0 Å². The van der Waals surface area contributed by atoms with Gasteiger partial charge in [0.05, 0.1) is 17.0 Å². The number of hydrogen-bond acceptors (Lipinski definition) is 4. The fourth-order valence-electron chi connectivity index (χ4n) is 3.23. The summed E-state index contributed by atoms with van der Waals surface area (Å²) in [5, 5.41) is 3.46. The van der Waals surface area contributed by atoms with Gasteiger partial charge < -0.3 is 9.73 Å². The van der Waals surface area contributed by atoms with E-state index >= 15 is 0 Å². The number of carbonyl (C=O) groups is 1. The molecule has 1 N–H and O–H groups in total. The molecule has 1 aromatic heterocycles. The van der Waals surface area contributed by atoms with E-state index in [0.717, 1.165) is 19.4 Å². The van der Waals surface area contributed by atoms with E-state index in [4.69, 9.17) is 4.42 Å². The maximum absolute atomic E-state index is 12.6. The molecule has 1 amide bonds. The molecule has 0 spiro atoms. The maximum atomic E-state index is 12.6. The Balaban J connectivity index is 1.85. The summed E-state index contributed by atoms with van der Waals surface area (Å²) in [5.41, 5.74) is 1.02. The largest absolute Gasteiger partial charge is 0.464 e. The number of carbonyl (C=O) groups excluding carboxylic acids is 1. The van der Waals surface area contributed by atoms with Crippen LogP contribution in [0.3, 0.4) is 0 Å². The lowest BCUT2D eigenvalue weighted by Crippen LogP contribution is -2.32. The minimum atomic E-state index is -0.351. The van der Waals surface area contributed by atoms with E-state index in [1.807, 2.05) is 12.1 Å². The minimum Gasteiger partial charge on any atom is -0.464 e.